The summed E-state index contributed by atoms with van der Waals surface area (Å²) in [6.45, 7) is 1.96. The minimum Gasteiger partial charge on any atom is -0.280 e. The second-order valence-corrected chi connectivity index (χ2v) is 7.33. The van der Waals surface area contributed by atoms with Gasteiger partial charge in [-0.15, -0.1) is 0 Å². The van der Waals surface area contributed by atoms with Gasteiger partial charge in [-0.05, 0) is 42.3 Å². The zero-order valence-corrected chi connectivity index (χ0v) is 14.4. The zero-order chi connectivity index (χ0) is 17.3. The molecule has 0 aliphatic carbocycles. The van der Waals surface area contributed by atoms with Gasteiger partial charge < -0.3 is 0 Å². The van der Waals surface area contributed by atoms with Gasteiger partial charge in [-0.2, -0.15) is 13.2 Å². The molecule has 0 bridgehead atoms. The normalized spacial score (nSPS) is 12.2. The van der Waals surface area contributed by atoms with E-state index >= 15 is 0 Å². The van der Waals surface area contributed by atoms with Crippen molar-refractivity contribution in [1.82, 2.24) is 0 Å². The van der Waals surface area contributed by atoms with Gasteiger partial charge in [0.2, 0.25) is 0 Å². The lowest BCUT2D eigenvalue weighted by molar-refractivity contribution is -0.138. The molecule has 1 N–H and O–H groups in total. The number of nitrogens with one attached hydrogen (secondary N) is 1. The topological polar surface area (TPSA) is 46.2 Å². The number of aryl methyl sites for hydroxylation is 1. The molecule has 8 heteroatoms. The van der Waals surface area contributed by atoms with E-state index in [1.54, 1.807) is 24.3 Å². The van der Waals surface area contributed by atoms with Crippen LogP contribution in [0.15, 0.2) is 51.8 Å². The first-order valence-electron chi connectivity index (χ1n) is 6.62. The highest BCUT2D eigenvalue weighted by atomic mass is 79.9. The lowest BCUT2D eigenvalue weighted by Crippen LogP contribution is -2.15. The van der Waals surface area contributed by atoms with Crippen LogP contribution >= 0.6 is 15.9 Å². The maximum absolute atomic E-state index is 12.9. The fraction of sp³-hybridized carbons (Fsp3) is 0.200. The van der Waals surface area contributed by atoms with E-state index in [1.807, 2.05) is 6.92 Å². The zero-order valence-electron chi connectivity index (χ0n) is 12.0. The van der Waals surface area contributed by atoms with Gasteiger partial charge in [0.25, 0.3) is 10.0 Å². The van der Waals surface area contributed by atoms with E-state index in [-0.39, 0.29) is 4.47 Å². The minimum absolute atomic E-state index is 0.212. The molecule has 0 radical (unpaired) electrons. The first kappa shape index (κ1) is 17.8. The molecule has 2 rings (SSSR count). The predicted octanol–water partition coefficient (Wildman–Crippen LogP) is 4.83. The highest BCUT2D eigenvalue weighted by molar-refractivity contribution is 9.10. The largest absolute Gasteiger partial charge is 0.417 e. The summed E-state index contributed by atoms with van der Waals surface area (Å²) in [5.41, 5.74) is 0.274. The van der Waals surface area contributed by atoms with E-state index < -0.39 is 26.7 Å². The Bertz CT molecular complexity index is 802. The van der Waals surface area contributed by atoms with Gasteiger partial charge >= 0.3 is 6.18 Å². The van der Waals surface area contributed by atoms with Gasteiger partial charge in [0.1, 0.15) is 0 Å². The minimum atomic E-state index is -4.65. The highest BCUT2D eigenvalue weighted by Gasteiger charge is 2.34. The number of hydrogen-bond acceptors (Lipinski definition) is 2. The number of halogens is 4. The van der Waals surface area contributed by atoms with Crippen molar-refractivity contribution in [3.8, 4) is 0 Å². The maximum Gasteiger partial charge on any atom is 0.417 e. The summed E-state index contributed by atoms with van der Waals surface area (Å²) >= 11 is 2.78. The van der Waals surface area contributed by atoms with E-state index in [0.29, 0.717) is 11.8 Å². The van der Waals surface area contributed by atoms with Gasteiger partial charge in [0, 0.05) is 10.2 Å². The number of anilines is 1. The lowest BCUT2D eigenvalue weighted by atomic mass is 10.2. The molecule has 0 saturated heterocycles. The molecule has 0 aromatic heterocycles. The highest BCUT2D eigenvalue weighted by Crippen LogP contribution is 2.36. The van der Waals surface area contributed by atoms with Crippen LogP contribution in [0.25, 0.3) is 0 Å². The second kappa shape index (κ2) is 6.52. The van der Waals surface area contributed by atoms with Crippen molar-refractivity contribution >= 4 is 31.6 Å². The van der Waals surface area contributed by atoms with Crippen LogP contribution in [-0.4, -0.2) is 8.42 Å². The summed E-state index contributed by atoms with van der Waals surface area (Å²) in [5, 5.41) is 0. The molecular weight excluding hydrogens is 395 g/mol. The van der Waals surface area contributed by atoms with Crippen molar-refractivity contribution in [2.75, 3.05) is 4.72 Å². The fourth-order valence-corrected chi connectivity index (χ4v) is 3.47. The van der Waals surface area contributed by atoms with Crippen molar-refractivity contribution in [2.45, 2.75) is 24.4 Å². The molecule has 0 atom stereocenters. The van der Waals surface area contributed by atoms with Crippen molar-refractivity contribution < 1.29 is 21.6 Å². The molecule has 0 aliphatic rings. The van der Waals surface area contributed by atoms with Crippen LogP contribution in [0.3, 0.4) is 0 Å². The lowest BCUT2D eigenvalue weighted by Gasteiger charge is -2.13. The monoisotopic (exact) mass is 407 g/mol. The Morgan fingerprint density at radius 3 is 2.22 bits per heavy atom. The van der Waals surface area contributed by atoms with E-state index in [9.17, 15) is 21.6 Å². The SMILES string of the molecule is CCc1ccc(NS(=O)(=O)c2ccc(Br)c(C(F)(F)F)c2)cc1. The Kier molecular flexibility index (Phi) is 5.05. The molecule has 0 fully saturated rings. The maximum atomic E-state index is 12.9. The third kappa shape index (κ3) is 4.26. The molecule has 0 saturated carbocycles. The Hall–Kier alpha value is -1.54. The molecule has 3 nitrogen and oxygen atoms in total. The molecule has 0 amide bonds. The molecule has 0 unspecified atom stereocenters. The van der Waals surface area contributed by atoms with Gasteiger partial charge in [0.15, 0.2) is 0 Å². The van der Waals surface area contributed by atoms with Crippen molar-refractivity contribution in [3.05, 3.63) is 58.1 Å². The average Bonchev–Trinajstić information content (AvgIpc) is 2.46. The molecule has 0 spiro atoms. The van der Waals surface area contributed by atoms with Crippen LogP contribution in [0.1, 0.15) is 18.1 Å². The van der Waals surface area contributed by atoms with Gasteiger partial charge in [-0.25, -0.2) is 8.42 Å². The van der Waals surface area contributed by atoms with Crippen LogP contribution in [0.5, 0.6) is 0 Å². The Morgan fingerprint density at radius 2 is 1.70 bits per heavy atom. The molecule has 2 aromatic rings. The Morgan fingerprint density at radius 1 is 1.09 bits per heavy atom. The number of hydrogen-bond donors (Lipinski definition) is 1. The Labute approximate surface area is 140 Å². The first-order chi connectivity index (χ1) is 10.6. The smallest absolute Gasteiger partial charge is 0.280 e. The van der Waals surface area contributed by atoms with Crippen LogP contribution in [0.2, 0.25) is 0 Å². The molecule has 2 aromatic carbocycles. The van der Waals surface area contributed by atoms with Gasteiger partial charge in [-0.3, -0.25) is 4.72 Å². The summed E-state index contributed by atoms with van der Waals surface area (Å²) in [4.78, 5) is -0.451. The van der Waals surface area contributed by atoms with Gasteiger partial charge in [-0.1, -0.05) is 35.0 Å². The summed E-state index contributed by atoms with van der Waals surface area (Å²) in [5.74, 6) is 0. The van der Waals surface area contributed by atoms with E-state index in [0.717, 1.165) is 24.1 Å². The molecule has 0 heterocycles. The predicted molar refractivity (Wildman–Crippen MR) is 85.8 cm³/mol. The van der Waals surface area contributed by atoms with Crippen molar-refractivity contribution in [1.29, 1.82) is 0 Å². The molecule has 124 valence electrons. The molecular formula is C15H13BrF3NO2S. The third-order valence-corrected chi connectivity index (χ3v) is 5.24. The summed E-state index contributed by atoms with van der Waals surface area (Å²) in [7, 11) is -4.10. The average molecular weight is 408 g/mol. The third-order valence-electron chi connectivity index (χ3n) is 3.17. The van der Waals surface area contributed by atoms with E-state index in [1.165, 1.54) is 0 Å². The van der Waals surface area contributed by atoms with Crippen LogP contribution in [0, 0.1) is 0 Å². The molecule has 0 aliphatic heterocycles. The van der Waals surface area contributed by atoms with E-state index in [2.05, 4.69) is 20.7 Å². The second-order valence-electron chi connectivity index (χ2n) is 4.80. The number of benzene rings is 2. The molecule has 23 heavy (non-hydrogen) atoms. The standard InChI is InChI=1S/C15H13BrF3NO2S/c1-2-10-3-5-11(6-4-10)20-23(21,22)12-7-8-14(16)13(9-12)15(17,18)19/h3-9,20H,2H2,1H3. The van der Waals surface area contributed by atoms with E-state index in [4.69, 9.17) is 0 Å². The summed E-state index contributed by atoms with van der Waals surface area (Å²) in [6.07, 6.45) is -3.85. The van der Waals surface area contributed by atoms with Gasteiger partial charge in [0.05, 0.1) is 10.5 Å². The van der Waals surface area contributed by atoms with Crippen molar-refractivity contribution in [2.24, 2.45) is 0 Å². The number of sulfonamides is 1. The summed E-state index contributed by atoms with van der Waals surface area (Å²) < 4.78 is 65.2. The number of rotatable bonds is 4. The Balaban J connectivity index is 2.35. The van der Waals surface area contributed by atoms with Crippen LogP contribution in [0.4, 0.5) is 18.9 Å². The van der Waals surface area contributed by atoms with Crippen LogP contribution in [-0.2, 0) is 22.6 Å². The van der Waals surface area contributed by atoms with Crippen LogP contribution < -0.4 is 4.72 Å². The number of alkyl halides is 3. The quantitative estimate of drug-likeness (QED) is 0.788. The van der Waals surface area contributed by atoms with Crippen molar-refractivity contribution in [3.63, 3.8) is 0 Å². The fourth-order valence-electron chi connectivity index (χ4n) is 1.91. The first-order valence-corrected chi connectivity index (χ1v) is 8.89. The summed E-state index contributed by atoms with van der Waals surface area (Å²) in [6, 6.07) is 9.42.